The number of rotatable bonds is 2. The maximum Gasteiger partial charge on any atom is 0.145 e. The normalized spacial score (nSPS) is 9.93. The number of halogens is 1. The first-order valence-electron chi connectivity index (χ1n) is 4.32. The van der Waals surface area contributed by atoms with Crippen LogP contribution >= 0.6 is 11.6 Å². The minimum Gasteiger partial charge on any atom is -0.508 e. The van der Waals surface area contributed by atoms with Crippen LogP contribution in [0.25, 0.3) is 0 Å². The lowest BCUT2D eigenvalue weighted by Gasteiger charge is -2.04. The molecule has 0 unspecified atom stereocenters. The SMILES string of the molecule is Oc1ccc(Oc2ccc(Cl)nc2)cc1. The van der Waals surface area contributed by atoms with Gasteiger partial charge in [0, 0.05) is 0 Å². The third-order valence-electron chi connectivity index (χ3n) is 1.77. The molecule has 1 aromatic heterocycles. The number of ether oxygens (including phenoxy) is 1. The first-order valence-corrected chi connectivity index (χ1v) is 4.70. The van der Waals surface area contributed by atoms with Gasteiger partial charge in [0.25, 0.3) is 0 Å². The zero-order valence-corrected chi connectivity index (χ0v) is 8.48. The van der Waals surface area contributed by atoms with Gasteiger partial charge in [0.05, 0.1) is 6.20 Å². The summed E-state index contributed by atoms with van der Waals surface area (Å²) in [7, 11) is 0. The second kappa shape index (κ2) is 4.19. The monoisotopic (exact) mass is 221 g/mol. The van der Waals surface area contributed by atoms with E-state index in [0.29, 0.717) is 16.7 Å². The Morgan fingerprint density at radius 3 is 2.27 bits per heavy atom. The quantitative estimate of drug-likeness (QED) is 0.792. The molecule has 0 spiro atoms. The predicted molar refractivity (Wildman–Crippen MR) is 57.4 cm³/mol. The highest BCUT2D eigenvalue weighted by molar-refractivity contribution is 6.29. The molecule has 0 saturated heterocycles. The largest absolute Gasteiger partial charge is 0.508 e. The van der Waals surface area contributed by atoms with Crippen molar-refractivity contribution in [2.45, 2.75) is 0 Å². The molecule has 2 aromatic rings. The molecule has 4 heteroatoms. The van der Waals surface area contributed by atoms with Gasteiger partial charge in [-0.2, -0.15) is 0 Å². The van der Waals surface area contributed by atoms with Crippen LogP contribution in [0.3, 0.4) is 0 Å². The van der Waals surface area contributed by atoms with E-state index < -0.39 is 0 Å². The topological polar surface area (TPSA) is 42.4 Å². The number of phenols is 1. The maximum absolute atomic E-state index is 9.07. The molecular formula is C11H8ClNO2. The molecule has 3 nitrogen and oxygen atoms in total. The van der Waals surface area contributed by atoms with Crippen LogP contribution in [0.15, 0.2) is 42.6 Å². The summed E-state index contributed by atoms with van der Waals surface area (Å²) in [5.41, 5.74) is 0. The van der Waals surface area contributed by atoms with Crippen molar-refractivity contribution in [1.82, 2.24) is 4.98 Å². The molecule has 2 rings (SSSR count). The van der Waals surface area contributed by atoms with Crippen LogP contribution in [0.4, 0.5) is 0 Å². The van der Waals surface area contributed by atoms with E-state index in [4.69, 9.17) is 21.4 Å². The smallest absolute Gasteiger partial charge is 0.145 e. The Balaban J connectivity index is 2.15. The van der Waals surface area contributed by atoms with Crippen LogP contribution in [0.1, 0.15) is 0 Å². The van der Waals surface area contributed by atoms with Crippen LogP contribution in [-0.2, 0) is 0 Å². The summed E-state index contributed by atoms with van der Waals surface area (Å²) >= 11 is 5.64. The van der Waals surface area contributed by atoms with Crippen molar-refractivity contribution in [3.63, 3.8) is 0 Å². The summed E-state index contributed by atoms with van der Waals surface area (Å²) < 4.78 is 5.46. The van der Waals surface area contributed by atoms with E-state index in [0.717, 1.165) is 0 Å². The van der Waals surface area contributed by atoms with Crippen molar-refractivity contribution >= 4 is 11.6 Å². The van der Waals surface area contributed by atoms with Crippen LogP contribution in [0.2, 0.25) is 5.15 Å². The molecule has 1 N–H and O–H groups in total. The Morgan fingerprint density at radius 2 is 1.67 bits per heavy atom. The highest BCUT2D eigenvalue weighted by Gasteiger charge is 1.97. The summed E-state index contributed by atoms with van der Waals surface area (Å²) in [5.74, 6) is 1.44. The van der Waals surface area contributed by atoms with Gasteiger partial charge >= 0.3 is 0 Å². The van der Waals surface area contributed by atoms with Crippen LogP contribution < -0.4 is 4.74 Å². The molecule has 1 aromatic carbocycles. The van der Waals surface area contributed by atoms with Crippen LogP contribution in [0.5, 0.6) is 17.2 Å². The Labute approximate surface area is 91.9 Å². The van der Waals surface area contributed by atoms with Crippen molar-refractivity contribution < 1.29 is 9.84 Å². The zero-order valence-electron chi connectivity index (χ0n) is 7.72. The summed E-state index contributed by atoms with van der Waals surface area (Å²) in [6, 6.07) is 9.82. The number of phenolic OH excluding ortho intramolecular Hbond substituents is 1. The van der Waals surface area contributed by atoms with Crippen molar-refractivity contribution in [1.29, 1.82) is 0 Å². The lowest BCUT2D eigenvalue weighted by molar-refractivity contribution is 0.463. The molecule has 0 aliphatic heterocycles. The first-order chi connectivity index (χ1) is 7.24. The van der Waals surface area contributed by atoms with Crippen LogP contribution in [-0.4, -0.2) is 10.1 Å². The van der Waals surface area contributed by atoms with Gasteiger partial charge in [-0.05, 0) is 36.4 Å². The van der Waals surface area contributed by atoms with E-state index in [9.17, 15) is 0 Å². The van der Waals surface area contributed by atoms with E-state index in [1.807, 2.05) is 0 Å². The number of pyridine rings is 1. The molecule has 0 radical (unpaired) electrons. The molecule has 0 atom stereocenters. The standard InChI is InChI=1S/C11H8ClNO2/c12-11-6-5-10(7-13-11)15-9-3-1-8(14)2-4-9/h1-7,14H. The predicted octanol–water partition coefficient (Wildman–Crippen LogP) is 3.23. The summed E-state index contributed by atoms with van der Waals surface area (Å²) in [6.45, 7) is 0. The molecule has 0 aliphatic rings. The third kappa shape index (κ3) is 2.60. The first kappa shape index (κ1) is 9.80. The molecule has 0 bridgehead atoms. The molecule has 15 heavy (non-hydrogen) atoms. The molecule has 0 saturated carbocycles. The van der Waals surface area contributed by atoms with Crippen molar-refractivity contribution in [3.8, 4) is 17.2 Å². The fourth-order valence-electron chi connectivity index (χ4n) is 1.07. The molecular weight excluding hydrogens is 214 g/mol. The Morgan fingerprint density at radius 1 is 1.00 bits per heavy atom. The molecule has 1 heterocycles. The summed E-state index contributed by atoms with van der Waals surface area (Å²) in [5, 5.41) is 9.50. The van der Waals surface area contributed by atoms with Gasteiger partial charge in [0.2, 0.25) is 0 Å². The van der Waals surface area contributed by atoms with Crippen LogP contribution in [0, 0.1) is 0 Å². The zero-order chi connectivity index (χ0) is 10.7. The number of benzene rings is 1. The van der Waals surface area contributed by atoms with Gasteiger partial charge < -0.3 is 9.84 Å². The molecule has 0 amide bonds. The van der Waals surface area contributed by atoms with Crippen molar-refractivity contribution in [2.24, 2.45) is 0 Å². The molecule has 0 fully saturated rings. The number of nitrogens with zero attached hydrogens (tertiary/aromatic N) is 1. The minimum atomic E-state index is 0.205. The number of aromatic nitrogens is 1. The second-order valence-electron chi connectivity index (χ2n) is 2.91. The lowest BCUT2D eigenvalue weighted by atomic mass is 10.3. The Bertz CT molecular complexity index is 396. The van der Waals surface area contributed by atoms with Gasteiger partial charge in [-0.3, -0.25) is 0 Å². The van der Waals surface area contributed by atoms with Gasteiger partial charge in [0.1, 0.15) is 22.4 Å². The average Bonchev–Trinajstić information content (AvgIpc) is 2.25. The van der Waals surface area contributed by atoms with Gasteiger partial charge in [-0.15, -0.1) is 0 Å². The molecule has 76 valence electrons. The fourth-order valence-corrected chi connectivity index (χ4v) is 1.18. The van der Waals surface area contributed by atoms with Gasteiger partial charge in [-0.25, -0.2) is 4.98 Å². The Kier molecular flexibility index (Phi) is 2.74. The highest BCUT2D eigenvalue weighted by atomic mass is 35.5. The van der Waals surface area contributed by atoms with E-state index in [-0.39, 0.29) is 5.75 Å². The van der Waals surface area contributed by atoms with Gasteiger partial charge in [-0.1, -0.05) is 11.6 Å². The van der Waals surface area contributed by atoms with E-state index in [1.165, 1.54) is 6.20 Å². The Hall–Kier alpha value is -1.74. The summed E-state index contributed by atoms with van der Waals surface area (Å²) in [4.78, 5) is 3.88. The summed E-state index contributed by atoms with van der Waals surface area (Å²) in [6.07, 6.45) is 1.54. The second-order valence-corrected chi connectivity index (χ2v) is 3.30. The van der Waals surface area contributed by atoms with Gasteiger partial charge in [0.15, 0.2) is 0 Å². The molecule has 0 aliphatic carbocycles. The third-order valence-corrected chi connectivity index (χ3v) is 2.00. The minimum absolute atomic E-state index is 0.205. The lowest BCUT2D eigenvalue weighted by Crippen LogP contribution is -1.84. The van der Waals surface area contributed by atoms with E-state index in [2.05, 4.69) is 4.98 Å². The van der Waals surface area contributed by atoms with Crippen molar-refractivity contribution in [3.05, 3.63) is 47.7 Å². The fraction of sp³-hybridized carbons (Fsp3) is 0. The maximum atomic E-state index is 9.07. The number of hydrogen-bond donors (Lipinski definition) is 1. The van der Waals surface area contributed by atoms with E-state index in [1.54, 1.807) is 36.4 Å². The highest BCUT2D eigenvalue weighted by Crippen LogP contribution is 2.23. The average molecular weight is 222 g/mol. The number of hydrogen-bond acceptors (Lipinski definition) is 3. The van der Waals surface area contributed by atoms with Crippen molar-refractivity contribution in [2.75, 3.05) is 0 Å². The number of aromatic hydroxyl groups is 1. The van der Waals surface area contributed by atoms with E-state index >= 15 is 0 Å².